The Bertz CT molecular complexity index is 746. The van der Waals surface area contributed by atoms with Gasteiger partial charge in [-0.2, -0.15) is 0 Å². The van der Waals surface area contributed by atoms with Crippen LogP contribution < -0.4 is 0 Å². The fraction of sp³-hybridized carbons (Fsp3) is 0.211. The monoisotopic (exact) mass is 277 g/mol. The summed E-state index contributed by atoms with van der Waals surface area (Å²) in [6.07, 6.45) is 4.62. The molecule has 0 bridgehead atoms. The first kappa shape index (κ1) is 13.8. The van der Waals surface area contributed by atoms with Crippen LogP contribution in [0.4, 0.5) is 0 Å². The van der Waals surface area contributed by atoms with Gasteiger partial charge in [-0.25, -0.2) is 0 Å². The van der Waals surface area contributed by atoms with Gasteiger partial charge >= 0.3 is 0 Å². The van der Waals surface area contributed by atoms with Crippen molar-refractivity contribution in [2.45, 2.75) is 25.9 Å². The second kappa shape index (κ2) is 6.06. The molecule has 0 amide bonds. The Hall–Kier alpha value is -2.19. The number of pyridine rings is 1. The van der Waals surface area contributed by atoms with Crippen molar-refractivity contribution in [3.05, 3.63) is 77.6 Å². The zero-order valence-electron chi connectivity index (χ0n) is 12.2. The van der Waals surface area contributed by atoms with Crippen LogP contribution in [-0.2, 0) is 12.8 Å². The van der Waals surface area contributed by atoms with Gasteiger partial charge in [0, 0.05) is 18.8 Å². The van der Waals surface area contributed by atoms with Crippen LogP contribution in [0.1, 0.15) is 29.7 Å². The number of benzene rings is 2. The van der Waals surface area contributed by atoms with E-state index in [4.69, 9.17) is 0 Å². The van der Waals surface area contributed by atoms with Crippen molar-refractivity contribution in [3.8, 4) is 0 Å². The smallest absolute Gasteiger partial charge is 0.0834 e. The topological polar surface area (TPSA) is 33.1 Å². The average molecular weight is 277 g/mol. The maximum atomic E-state index is 10.6. The predicted molar refractivity (Wildman–Crippen MR) is 86.2 cm³/mol. The molecule has 0 saturated carbocycles. The van der Waals surface area contributed by atoms with E-state index in [2.05, 4.69) is 42.2 Å². The largest absolute Gasteiger partial charge is 0.388 e. The van der Waals surface area contributed by atoms with Gasteiger partial charge in [-0.3, -0.25) is 4.98 Å². The summed E-state index contributed by atoms with van der Waals surface area (Å²) in [5, 5.41) is 13.0. The van der Waals surface area contributed by atoms with E-state index in [0.717, 1.165) is 17.5 Å². The lowest BCUT2D eigenvalue weighted by molar-refractivity contribution is 0.177. The van der Waals surface area contributed by atoms with Crippen LogP contribution in [0.5, 0.6) is 0 Å². The van der Waals surface area contributed by atoms with Gasteiger partial charge in [0.25, 0.3) is 0 Å². The fourth-order valence-electron chi connectivity index (χ4n) is 2.85. The first-order valence-electron chi connectivity index (χ1n) is 7.37. The van der Waals surface area contributed by atoms with E-state index in [1.54, 1.807) is 6.20 Å². The highest BCUT2D eigenvalue weighted by atomic mass is 16.3. The first-order chi connectivity index (χ1) is 10.3. The number of aromatic nitrogens is 1. The van der Waals surface area contributed by atoms with E-state index < -0.39 is 6.10 Å². The Balaban J connectivity index is 1.95. The van der Waals surface area contributed by atoms with Crippen LogP contribution in [0.15, 0.2) is 60.9 Å². The van der Waals surface area contributed by atoms with Crippen LogP contribution >= 0.6 is 0 Å². The van der Waals surface area contributed by atoms with Crippen LogP contribution in [0.3, 0.4) is 0 Å². The molecule has 0 radical (unpaired) electrons. The third-order valence-electron chi connectivity index (χ3n) is 3.97. The molecule has 2 nitrogen and oxygen atoms in total. The van der Waals surface area contributed by atoms with Gasteiger partial charge in [-0.1, -0.05) is 49.4 Å². The minimum atomic E-state index is -0.492. The van der Waals surface area contributed by atoms with Gasteiger partial charge in [0.1, 0.15) is 0 Å². The second-order valence-electron chi connectivity index (χ2n) is 5.29. The molecule has 3 aromatic rings. The molecule has 106 valence electrons. The summed E-state index contributed by atoms with van der Waals surface area (Å²) in [6, 6.07) is 16.5. The molecule has 1 atom stereocenters. The van der Waals surface area contributed by atoms with Gasteiger partial charge in [-0.05, 0) is 39.9 Å². The number of hydrogen-bond acceptors (Lipinski definition) is 2. The third-order valence-corrected chi connectivity index (χ3v) is 3.97. The van der Waals surface area contributed by atoms with Gasteiger partial charge in [0.05, 0.1) is 6.10 Å². The number of hydrogen-bond donors (Lipinski definition) is 1. The van der Waals surface area contributed by atoms with Crippen molar-refractivity contribution in [1.29, 1.82) is 0 Å². The summed E-state index contributed by atoms with van der Waals surface area (Å²) >= 11 is 0. The second-order valence-corrected chi connectivity index (χ2v) is 5.29. The molecule has 2 aromatic carbocycles. The maximum absolute atomic E-state index is 10.6. The number of nitrogens with zero attached hydrogens (tertiary/aromatic N) is 1. The Morgan fingerprint density at radius 1 is 1.00 bits per heavy atom. The quantitative estimate of drug-likeness (QED) is 0.779. The number of fused-ring (bicyclic) bond motifs is 1. The van der Waals surface area contributed by atoms with Gasteiger partial charge in [0.15, 0.2) is 0 Å². The lowest BCUT2D eigenvalue weighted by Gasteiger charge is -2.15. The SMILES string of the molecule is CCc1cnccc1C(O)Cc1cccc2ccccc12. The van der Waals surface area contributed by atoms with Gasteiger partial charge in [0.2, 0.25) is 0 Å². The van der Waals surface area contributed by atoms with Gasteiger partial charge < -0.3 is 5.11 Å². The molecule has 0 aliphatic heterocycles. The molecule has 0 aliphatic rings. The minimum Gasteiger partial charge on any atom is -0.388 e. The van der Waals surface area contributed by atoms with E-state index in [1.807, 2.05) is 24.4 Å². The molecule has 3 rings (SSSR count). The molecule has 21 heavy (non-hydrogen) atoms. The summed E-state index contributed by atoms with van der Waals surface area (Å²) in [5.74, 6) is 0. The number of aryl methyl sites for hydroxylation is 1. The van der Waals surface area contributed by atoms with Crippen LogP contribution in [0.2, 0.25) is 0 Å². The molecule has 0 fully saturated rings. The molecule has 1 N–H and O–H groups in total. The summed E-state index contributed by atoms with van der Waals surface area (Å²) in [4.78, 5) is 4.14. The lowest BCUT2D eigenvalue weighted by atomic mass is 9.94. The molecular formula is C19H19NO. The average Bonchev–Trinajstić information content (AvgIpc) is 2.55. The van der Waals surface area contributed by atoms with Crippen molar-refractivity contribution in [3.63, 3.8) is 0 Å². The van der Waals surface area contributed by atoms with E-state index in [-0.39, 0.29) is 0 Å². The normalized spacial score (nSPS) is 12.5. The van der Waals surface area contributed by atoms with Crippen molar-refractivity contribution in [2.24, 2.45) is 0 Å². The molecular weight excluding hydrogens is 258 g/mol. The minimum absolute atomic E-state index is 0.492. The van der Waals surface area contributed by atoms with E-state index >= 15 is 0 Å². The van der Waals surface area contributed by atoms with Crippen molar-refractivity contribution >= 4 is 10.8 Å². The summed E-state index contributed by atoms with van der Waals surface area (Å²) < 4.78 is 0. The Morgan fingerprint density at radius 2 is 1.81 bits per heavy atom. The van der Waals surface area contributed by atoms with Crippen molar-refractivity contribution < 1.29 is 5.11 Å². The molecule has 1 aromatic heterocycles. The molecule has 2 heteroatoms. The van der Waals surface area contributed by atoms with Crippen molar-refractivity contribution in [2.75, 3.05) is 0 Å². The number of aliphatic hydroxyl groups is 1. The summed E-state index contributed by atoms with van der Waals surface area (Å²) in [7, 11) is 0. The highest BCUT2D eigenvalue weighted by molar-refractivity contribution is 5.85. The zero-order valence-corrected chi connectivity index (χ0v) is 12.2. The molecule has 1 heterocycles. The van der Waals surface area contributed by atoms with E-state index in [9.17, 15) is 5.11 Å². The Labute approximate surface area is 125 Å². The lowest BCUT2D eigenvalue weighted by Crippen LogP contribution is -2.06. The standard InChI is InChI=1S/C19H19NO/c1-2-14-13-20-11-10-18(14)19(21)12-16-8-5-7-15-6-3-4-9-17(15)16/h3-11,13,19,21H,2,12H2,1H3. The first-order valence-corrected chi connectivity index (χ1v) is 7.37. The highest BCUT2D eigenvalue weighted by Crippen LogP contribution is 2.26. The Kier molecular flexibility index (Phi) is 3.98. The molecule has 0 saturated heterocycles. The number of rotatable bonds is 4. The van der Waals surface area contributed by atoms with Crippen LogP contribution in [0, 0.1) is 0 Å². The zero-order chi connectivity index (χ0) is 14.7. The van der Waals surface area contributed by atoms with Gasteiger partial charge in [-0.15, -0.1) is 0 Å². The Morgan fingerprint density at radius 3 is 2.67 bits per heavy atom. The molecule has 1 unspecified atom stereocenters. The predicted octanol–water partition coefficient (Wildman–Crippen LogP) is 4.07. The van der Waals surface area contributed by atoms with E-state index in [1.165, 1.54) is 16.3 Å². The fourth-order valence-corrected chi connectivity index (χ4v) is 2.85. The third kappa shape index (κ3) is 2.81. The summed E-state index contributed by atoms with van der Waals surface area (Å²) in [5.41, 5.74) is 3.28. The maximum Gasteiger partial charge on any atom is 0.0834 e. The van der Waals surface area contributed by atoms with Crippen LogP contribution in [-0.4, -0.2) is 10.1 Å². The summed E-state index contributed by atoms with van der Waals surface area (Å²) in [6.45, 7) is 2.09. The molecule has 0 aliphatic carbocycles. The number of aliphatic hydroxyl groups excluding tert-OH is 1. The van der Waals surface area contributed by atoms with Crippen LogP contribution in [0.25, 0.3) is 10.8 Å². The van der Waals surface area contributed by atoms with E-state index in [0.29, 0.717) is 6.42 Å². The molecule has 0 spiro atoms. The van der Waals surface area contributed by atoms with Crippen molar-refractivity contribution in [1.82, 2.24) is 4.98 Å². The highest BCUT2D eigenvalue weighted by Gasteiger charge is 2.13.